The summed E-state index contributed by atoms with van der Waals surface area (Å²) in [7, 11) is 0. The third-order valence-electron chi connectivity index (χ3n) is 3.17. The quantitative estimate of drug-likeness (QED) is 0.776. The second-order valence-electron chi connectivity index (χ2n) is 4.52. The molecular weight excluding hydrogens is 260 g/mol. The Bertz CT molecular complexity index is 749. The molecule has 3 nitrogen and oxygen atoms in total. The maximum Gasteiger partial charge on any atom is 0.144 e. The van der Waals surface area contributed by atoms with E-state index in [0.717, 1.165) is 28.0 Å². The highest BCUT2D eigenvalue weighted by Gasteiger charge is 2.10. The molecule has 0 saturated carbocycles. The zero-order chi connectivity index (χ0) is 13.4. The topological polar surface area (TPSA) is 37.5 Å². The number of benzene rings is 1. The standard InChI is InChI=1S/C15H13ClN2O/c1-10-7-17-15-14(5-11(9-19)8-18(10)15)12-3-2-4-13(16)6-12/h2-8,19H,9H2,1H3. The van der Waals surface area contributed by atoms with E-state index in [1.807, 2.05) is 54.0 Å². The number of pyridine rings is 1. The van der Waals surface area contributed by atoms with E-state index < -0.39 is 0 Å². The van der Waals surface area contributed by atoms with Gasteiger partial charge in [-0.2, -0.15) is 0 Å². The third-order valence-corrected chi connectivity index (χ3v) is 3.40. The number of aliphatic hydroxyl groups excluding tert-OH is 1. The summed E-state index contributed by atoms with van der Waals surface area (Å²) in [6.07, 6.45) is 3.73. The summed E-state index contributed by atoms with van der Waals surface area (Å²) in [5.41, 5.74) is 4.73. The van der Waals surface area contributed by atoms with E-state index in [-0.39, 0.29) is 6.61 Å². The van der Waals surface area contributed by atoms with E-state index >= 15 is 0 Å². The second kappa shape index (κ2) is 4.68. The zero-order valence-corrected chi connectivity index (χ0v) is 11.2. The number of halogens is 1. The van der Waals surface area contributed by atoms with Crippen LogP contribution in [0.25, 0.3) is 16.8 Å². The fourth-order valence-electron chi connectivity index (χ4n) is 2.22. The van der Waals surface area contributed by atoms with Gasteiger partial charge >= 0.3 is 0 Å². The Hall–Kier alpha value is -1.84. The maximum absolute atomic E-state index is 9.39. The van der Waals surface area contributed by atoms with Crippen LogP contribution in [0.2, 0.25) is 5.02 Å². The molecule has 3 aromatic rings. The molecule has 4 heteroatoms. The largest absolute Gasteiger partial charge is 0.392 e. The molecule has 0 bridgehead atoms. The molecule has 3 rings (SSSR count). The van der Waals surface area contributed by atoms with Gasteiger partial charge in [-0.3, -0.25) is 0 Å². The van der Waals surface area contributed by atoms with E-state index in [0.29, 0.717) is 5.02 Å². The Morgan fingerprint density at radius 2 is 2.16 bits per heavy atom. The van der Waals surface area contributed by atoms with E-state index in [9.17, 15) is 5.11 Å². The summed E-state index contributed by atoms with van der Waals surface area (Å²) in [4.78, 5) is 4.44. The molecule has 19 heavy (non-hydrogen) atoms. The van der Waals surface area contributed by atoms with Gasteiger partial charge in [-0.05, 0) is 36.2 Å². The predicted molar refractivity (Wildman–Crippen MR) is 76.3 cm³/mol. The number of aryl methyl sites for hydroxylation is 1. The molecule has 96 valence electrons. The van der Waals surface area contributed by atoms with Gasteiger partial charge in [0.2, 0.25) is 0 Å². The van der Waals surface area contributed by atoms with E-state index in [1.54, 1.807) is 0 Å². The number of aliphatic hydroxyl groups is 1. The highest BCUT2D eigenvalue weighted by atomic mass is 35.5. The van der Waals surface area contributed by atoms with E-state index in [4.69, 9.17) is 11.6 Å². The molecule has 0 fully saturated rings. The van der Waals surface area contributed by atoms with Crippen molar-refractivity contribution in [3.8, 4) is 11.1 Å². The first-order valence-corrected chi connectivity index (χ1v) is 6.40. The Morgan fingerprint density at radius 3 is 2.89 bits per heavy atom. The molecule has 2 aromatic heterocycles. The van der Waals surface area contributed by atoms with Crippen molar-refractivity contribution in [3.05, 3.63) is 59.0 Å². The number of fused-ring (bicyclic) bond motifs is 1. The lowest BCUT2D eigenvalue weighted by atomic mass is 10.1. The van der Waals surface area contributed by atoms with Crippen molar-refractivity contribution < 1.29 is 5.11 Å². The average molecular weight is 273 g/mol. The first-order chi connectivity index (χ1) is 9.19. The van der Waals surface area contributed by atoms with Crippen LogP contribution in [0.4, 0.5) is 0 Å². The number of rotatable bonds is 2. The van der Waals surface area contributed by atoms with Crippen LogP contribution in [-0.2, 0) is 6.61 Å². The van der Waals surface area contributed by atoms with Crippen molar-refractivity contribution in [2.45, 2.75) is 13.5 Å². The molecule has 0 spiro atoms. The lowest BCUT2D eigenvalue weighted by Gasteiger charge is -2.08. The molecular formula is C15H13ClN2O. The lowest BCUT2D eigenvalue weighted by molar-refractivity contribution is 0.281. The first kappa shape index (κ1) is 12.2. The summed E-state index contributed by atoms with van der Waals surface area (Å²) in [6, 6.07) is 9.60. The summed E-state index contributed by atoms with van der Waals surface area (Å²) in [5.74, 6) is 0. The smallest absolute Gasteiger partial charge is 0.144 e. The lowest BCUT2D eigenvalue weighted by Crippen LogP contribution is -1.95. The molecule has 1 aromatic carbocycles. The Labute approximate surface area is 116 Å². The van der Waals surface area contributed by atoms with Crippen LogP contribution in [0.3, 0.4) is 0 Å². The fourth-order valence-corrected chi connectivity index (χ4v) is 2.41. The van der Waals surface area contributed by atoms with Gasteiger partial charge in [0.25, 0.3) is 0 Å². The van der Waals surface area contributed by atoms with Crippen LogP contribution in [0.5, 0.6) is 0 Å². The van der Waals surface area contributed by atoms with Crippen molar-refractivity contribution in [1.82, 2.24) is 9.38 Å². The van der Waals surface area contributed by atoms with Crippen molar-refractivity contribution in [2.24, 2.45) is 0 Å². The summed E-state index contributed by atoms with van der Waals surface area (Å²) in [5, 5.41) is 10.1. The van der Waals surface area contributed by atoms with Gasteiger partial charge in [-0.1, -0.05) is 23.7 Å². The van der Waals surface area contributed by atoms with Crippen molar-refractivity contribution in [2.75, 3.05) is 0 Å². The zero-order valence-electron chi connectivity index (χ0n) is 10.5. The molecule has 0 aliphatic heterocycles. The molecule has 0 aliphatic rings. The van der Waals surface area contributed by atoms with Crippen LogP contribution in [-0.4, -0.2) is 14.5 Å². The van der Waals surface area contributed by atoms with Crippen molar-refractivity contribution in [3.63, 3.8) is 0 Å². The summed E-state index contributed by atoms with van der Waals surface area (Å²) >= 11 is 6.05. The molecule has 0 saturated heterocycles. The van der Waals surface area contributed by atoms with Crippen LogP contribution in [0.15, 0.2) is 42.7 Å². The third kappa shape index (κ3) is 2.11. The Kier molecular flexibility index (Phi) is 3.01. The molecule has 0 amide bonds. The van der Waals surface area contributed by atoms with Crippen molar-refractivity contribution >= 4 is 17.2 Å². The van der Waals surface area contributed by atoms with Gasteiger partial charge in [0, 0.05) is 28.7 Å². The van der Waals surface area contributed by atoms with E-state index in [2.05, 4.69) is 4.98 Å². The number of hydrogen-bond donors (Lipinski definition) is 1. The monoisotopic (exact) mass is 272 g/mol. The van der Waals surface area contributed by atoms with Gasteiger partial charge in [0.15, 0.2) is 0 Å². The maximum atomic E-state index is 9.39. The molecule has 0 aliphatic carbocycles. The van der Waals surface area contributed by atoms with E-state index in [1.165, 1.54) is 0 Å². The predicted octanol–water partition coefficient (Wildman–Crippen LogP) is 3.46. The second-order valence-corrected chi connectivity index (χ2v) is 4.96. The van der Waals surface area contributed by atoms with Crippen molar-refractivity contribution in [1.29, 1.82) is 0 Å². The minimum atomic E-state index is 0.00112. The van der Waals surface area contributed by atoms with Gasteiger partial charge < -0.3 is 9.51 Å². The van der Waals surface area contributed by atoms with Crippen LogP contribution in [0.1, 0.15) is 11.3 Å². The highest BCUT2D eigenvalue weighted by molar-refractivity contribution is 6.30. The molecule has 0 unspecified atom stereocenters. The highest BCUT2D eigenvalue weighted by Crippen LogP contribution is 2.28. The molecule has 0 atom stereocenters. The summed E-state index contributed by atoms with van der Waals surface area (Å²) < 4.78 is 1.99. The Morgan fingerprint density at radius 1 is 1.32 bits per heavy atom. The number of hydrogen-bond acceptors (Lipinski definition) is 2. The molecule has 2 heterocycles. The summed E-state index contributed by atoms with van der Waals surface area (Å²) in [6.45, 7) is 1.99. The number of nitrogens with zero attached hydrogens (tertiary/aromatic N) is 2. The number of aromatic nitrogens is 2. The Balaban J connectivity index is 2.33. The first-order valence-electron chi connectivity index (χ1n) is 6.02. The van der Waals surface area contributed by atoms with Gasteiger partial charge in [-0.25, -0.2) is 4.98 Å². The van der Waals surface area contributed by atoms with Crippen LogP contribution < -0.4 is 0 Å². The number of imidazole rings is 1. The SMILES string of the molecule is Cc1cnc2c(-c3cccc(Cl)c3)cc(CO)cn12. The van der Waals surface area contributed by atoms with Gasteiger partial charge in [0.1, 0.15) is 5.65 Å². The minimum absolute atomic E-state index is 0.00112. The van der Waals surface area contributed by atoms with Gasteiger partial charge in [0.05, 0.1) is 6.61 Å². The van der Waals surface area contributed by atoms with Crippen LogP contribution >= 0.6 is 11.6 Å². The average Bonchev–Trinajstić information content (AvgIpc) is 2.79. The fraction of sp³-hybridized carbons (Fsp3) is 0.133. The molecule has 1 N–H and O–H groups in total. The normalized spacial score (nSPS) is 11.1. The molecule has 0 radical (unpaired) electrons. The minimum Gasteiger partial charge on any atom is -0.392 e. The van der Waals surface area contributed by atoms with Gasteiger partial charge in [-0.15, -0.1) is 0 Å². The van der Waals surface area contributed by atoms with Crippen LogP contribution in [0, 0.1) is 6.92 Å².